The number of allylic oxidation sites excluding steroid dienone is 2. The van der Waals surface area contributed by atoms with Crippen molar-refractivity contribution in [2.75, 3.05) is 52.4 Å². The maximum Gasteiger partial charge on any atom is 0.534 e. The summed E-state index contributed by atoms with van der Waals surface area (Å²) in [6.45, 7) is 50.3. The highest BCUT2D eigenvalue weighted by molar-refractivity contribution is 9.10. The molecule has 2 N–H and O–H groups in total. The van der Waals surface area contributed by atoms with Gasteiger partial charge < -0.3 is 114 Å². The summed E-state index contributed by atoms with van der Waals surface area (Å²) in [4.78, 5) is 52.2. The van der Waals surface area contributed by atoms with Gasteiger partial charge in [-0.25, -0.2) is 14.4 Å². The van der Waals surface area contributed by atoms with E-state index in [-0.39, 0.29) is 121 Å². The van der Waals surface area contributed by atoms with Crippen LogP contribution < -0.4 is 52.8 Å². The molecule has 0 saturated carbocycles. The molecule has 0 radical (unpaired) electrons. The Morgan fingerprint density at radius 2 is 0.770 bits per heavy atom. The number of piperidine rings is 4. The molecule has 4 spiro atoms. The molecule has 12 heterocycles. The van der Waals surface area contributed by atoms with Gasteiger partial charge in [-0.2, -0.15) is 26.2 Å². The van der Waals surface area contributed by atoms with Gasteiger partial charge in [0.2, 0.25) is 0 Å². The summed E-state index contributed by atoms with van der Waals surface area (Å²) in [5, 5.41) is 12.6. The Balaban J connectivity index is 0.000000187. The van der Waals surface area contributed by atoms with E-state index in [0.29, 0.717) is 39.0 Å². The fourth-order valence-electron chi connectivity index (χ4n) is 16.6. The molecule has 6 aromatic rings. The summed E-state index contributed by atoms with van der Waals surface area (Å²) in [7, 11) is -5.36. The van der Waals surface area contributed by atoms with Gasteiger partial charge in [-0.15, -0.1) is 0 Å². The lowest BCUT2D eigenvalue weighted by molar-refractivity contribution is -0.669. The number of halogens is 6. The molecular weight excluding hydrogens is 2010 g/mol. The van der Waals surface area contributed by atoms with Crippen LogP contribution in [0.25, 0.3) is 22.4 Å². The van der Waals surface area contributed by atoms with Crippen molar-refractivity contribution in [2.45, 2.75) is 303 Å². The number of nitrogens with one attached hydrogen (secondary N) is 1. The fourth-order valence-corrected chi connectivity index (χ4v) is 17.5. The molecule has 11 aliphatic heterocycles. The number of carboxylic acid groups (broad SMARTS) is 1. The molecule has 5 aromatic carbocycles. The summed E-state index contributed by atoms with van der Waals surface area (Å²) in [6.07, 6.45) is 14.5. The largest absolute Gasteiger partial charge is 1.00 e. The van der Waals surface area contributed by atoms with Crippen molar-refractivity contribution in [3.8, 4) is 23.0 Å². The van der Waals surface area contributed by atoms with Crippen LogP contribution >= 0.6 is 27.5 Å². The monoisotopic (exact) mass is 2150 g/mol. The Hall–Kier alpha value is -8.36. The number of pyridine rings is 1. The Bertz CT molecular complexity index is 5430. The van der Waals surface area contributed by atoms with Gasteiger partial charge in [0, 0.05) is 130 Å². The molecule has 0 aliphatic carbocycles. The van der Waals surface area contributed by atoms with E-state index in [1.807, 2.05) is 188 Å². The topological polar surface area (TPSA) is 277 Å². The van der Waals surface area contributed by atoms with Crippen LogP contribution in [0.4, 0.5) is 27.6 Å². The van der Waals surface area contributed by atoms with Crippen molar-refractivity contribution in [3.05, 3.63) is 207 Å². The molecule has 36 heteroatoms. The number of hydrogen-bond donors (Lipinski definition) is 2. The van der Waals surface area contributed by atoms with Crippen LogP contribution in [0.5, 0.6) is 23.0 Å². The van der Waals surface area contributed by atoms with E-state index in [1.165, 1.54) is 45.9 Å². The Morgan fingerprint density at radius 1 is 0.460 bits per heavy atom. The molecule has 7 fully saturated rings. The zero-order valence-electron chi connectivity index (χ0n) is 84.0. The summed E-state index contributed by atoms with van der Waals surface area (Å²) in [5.41, 5.74) is -3.48. The van der Waals surface area contributed by atoms with Gasteiger partial charge in [0.25, 0.3) is 5.15 Å². The van der Waals surface area contributed by atoms with E-state index in [0.717, 1.165) is 87.8 Å². The molecule has 760 valence electrons. The second-order valence-electron chi connectivity index (χ2n) is 42.2. The van der Waals surface area contributed by atoms with E-state index in [4.69, 9.17) is 77.8 Å². The molecule has 1 aromatic heterocycles. The third-order valence-electron chi connectivity index (χ3n) is 26.2. The molecule has 26 nitrogen and oxygen atoms in total. The third-order valence-corrected chi connectivity index (χ3v) is 28.1. The first-order valence-corrected chi connectivity index (χ1v) is 49.3. The van der Waals surface area contributed by atoms with Crippen molar-refractivity contribution in [2.24, 2.45) is 7.05 Å². The second kappa shape index (κ2) is 44.5. The van der Waals surface area contributed by atoms with Gasteiger partial charge in [0.1, 0.15) is 69.3 Å². The minimum absolute atomic E-state index is 0. The highest BCUT2D eigenvalue weighted by atomic mass is 127. The van der Waals surface area contributed by atoms with E-state index >= 15 is 0 Å². The number of para-hydroxylation sites is 4. The second-order valence-corrected chi connectivity index (χ2v) is 45.1. The van der Waals surface area contributed by atoms with Gasteiger partial charge in [0.15, 0.2) is 12.0 Å². The molecule has 3 amide bonds. The van der Waals surface area contributed by atoms with Crippen LogP contribution in [0.1, 0.15) is 246 Å². The zero-order valence-corrected chi connectivity index (χ0v) is 89.3. The summed E-state index contributed by atoms with van der Waals surface area (Å²) in [6, 6.07) is 43.5. The summed E-state index contributed by atoms with van der Waals surface area (Å²) >= 11 is 8.94. The molecule has 0 bridgehead atoms. The third kappa shape index (κ3) is 29.3. The first-order valence-electron chi connectivity index (χ1n) is 46.7. The van der Waals surface area contributed by atoms with Crippen LogP contribution in [0.3, 0.4) is 0 Å². The molecule has 0 unspecified atom stereocenters. The maximum atomic E-state index is 12.8. The number of aromatic nitrogens is 1. The molecular formula is C103H140B3BrClF3IN5O21S. The smallest absolute Gasteiger partial charge is 0.534 e. The molecule has 0 atom stereocenters. The highest BCUT2D eigenvalue weighted by Crippen LogP contribution is 2.51. The number of aryl methyl sites for hydroxylation is 1. The van der Waals surface area contributed by atoms with Crippen LogP contribution in [0, 0.1) is 0 Å². The molecule has 139 heavy (non-hydrogen) atoms. The lowest BCUT2D eigenvalue weighted by Gasteiger charge is -2.43. The fraction of sp³-hybridized carbons (Fsp3) is 0.544. The minimum atomic E-state index is -5.85. The Kier molecular flexibility index (Phi) is 36.5. The number of aliphatic carboxylic acids is 1. The van der Waals surface area contributed by atoms with E-state index in [9.17, 15) is 40.8 Å². The van der Waals surface area contributed by atoms with Crippen LogP contribution in [0.2, 0.25) is 5.15 Å². The number of amides is 3. The number of ether oxygens (including phenoxy) is 7. The number of benzene rings is 5. The number of hydrogen-bond acceptors (Lipinski definition) is 21. The Morgan fingerprint density at radius 3 is 1.11 bits per heavy atom. The van der Waals surface area contributed by atoms with E-state index in [2.05, 4.69) is 116 Å². The highest BCUT2D eigenvalue weighted by Gasteiger charge is 2.64. The number of nitrogens with zero attached hydrogens (tertiary/aromatic N) is 4. The average Bonchev–Trinajstić information content (AvgIpc) is 1.64. The first kappa shape index (κ1) is 114. The number of likely N-dealkylation sites (tertiary alicyclic amines) is 3. The van der Waals surface area contributed by atoms with Crippen molar-refractivity contribution < 1.29 is 140 Å². The standard InChI is InChI=1S/C24H34BNO5.C19H22F3NO6S.C19H25NO3.C14H17NO.C12H24B2O4.C8H7BrO2.C6H7ClN.CH4.HI/c1-21(2,3)29-20(27)26-14-12-24(13-15-26)16-18(17-10-8-9-11-19(17)28-24)25-30-22(4,5)23(6,7)31-25;1-17(2,3)28-16(24)23-10-8-18(9-11-23)12-15(29-30(25,26)19(20,21)22)13-6-4-5-7-14(13)27-18;1-14-13-19(22-16-8-6-5-7-15(14)16)9-11-20(12-10-19)17(21)23-18(2,3)4;1-11-10-14(6-8-15-9-7-14)16-13-5-3-2-4-12(11)13;1-9(2)10(3,4)16-13(15-9)14-17-11(5,6)12(7,8)18-14;9-7-3-1-6(2-4-7)5-8(10)11;1-8-5-3-2-4-6(8)7;;/h8-11,16H,12-15H2,1-7H3;4-7,12H,8-11H2,1-3H3;5-8,13H,9-12H2,1-4H3;2-5,10,15H,6-9H2,1H3;1-8H3;1-4H,5H2,(H,10,11);2-5H,1H3;1H4;1H/q;;;;;;+1;;/p-1. The van der Waals surface area contributed by atoms with Crippen LogP contribution in [-0.2, 0) is 74.7 Å². The van der Waals surface area contributed by atoms with Gasteiger partial charge in [-0.05, 0) is 273 Å². The summed E-state index contributed by atoms with van der Waals surface area (Å²) in [5.74, 6) is 1.79. The Labute approximate surface area is 851 Å². The number of carbonyl (C=O) groups is 4. The van der Waals surface area contributed by atoms with Crippen molar-refractivity contribution >= 4 is 105 Å². The number of alkyl halides is 3. The van der Waals surface area contributed by atoms with Gasteiger partial charge in [-0.3, -0.25) is 4.79 Å². The van der Waals surface area contributed by atoms with E-state index in [1.54, 1.807) is 48.8 Å². The van der Waals surface area contributed by atoms with Crippen LogP contribution in [0.15, 0.2) is 175 Å². The average molecular weight is 2150 g/mol. The first-order chi connectivity index (χ1) is 63.5. The summed E-state index contributed by atoms with van der Waals surface area (Å²) < 4.78 is 147. The van der Waals surface area contributed by atoms with Crippen molar-refractivity contribution in [3.63, 3.8) is 0 Å². The predicted molar refractivity (Wildman–Crippen MR) is 535 cm³/mol. The van der Waals surface area contributed by atoms with Gasteiger partial charge >= 0.3 is 61.0 Å². The van der Waals surface area contributed by atoms with Crippen molar-refractivity contribution in [1.29, 1.82) is 0 Å². The van der Waals surface area contributed by atoms with Gasteiger partial charge in [0.05, 0.1) is 45.6 Å². The zero-order chi connectivity index (χ0) is 101. The van der Waals surface area contributed by atoms with Crippen LogP contribution in [-0.4, -0.2) is 204 Å². The van der Waals surface area contributed by atoms with E-state index < -0.39 is 93.8 Å². The minimum Gasteiger partial charge on any atom is -1.00 e. The molecule has 7 saturated heterocycles. The molecule has 17 rings (SSSR count). The molecule has 11 aliphatic rings. The number of rotatable bonds is 6. The normalized spacial score (nSPS) is 20.6. The van der Waals surface area contributed by atoms with Crippen molar-refractivity contribution in [1.82, 2.24) is 20.0 Å². The lowest BCUT2D eigenvalue weighted by Crippen LogP contribution is -3.00. The van der Waals surface area contributed by atoms with Gasteiger partial charge in [-0.1, -0.05) is 102 Å². The number of carbonyl (C=O) groups excluding carboxylic acids is 3. The number of carboxylic acids is 1. The maximum absolute atomic E-state index is 12.8. The SMILES string of the molecule is C.CC(C)(C)OC(=O)N1CCC2(C=C(B3OC(C)(C)C(C)(C)O3)c3ccccc3O2)CC1.CC(C)(C)OC(=O)N1CCC2(C=C(OS(=O)(=O)C(F)(F)F)c3ccccc3O2)CC1.CC1(C)OB(B2OC(C)(C)C(C)(C)O2)OC1(C)C.CC1=CC2(CCN(C(=O)OC(C)(C)C)CC2)Oc2ccccc21.CC1=CC2(CCNCC2)Oc2ccccc21.C[n+]1ccccc1Cl.O=C(O)Cc1ccc(Br)cc1.[I-]. The number of fused-ring (bicyclic) bond motifs is 4. The predicted octanol–water partition coefficient (Wildman–Crippen LogP) is 18.9. The quantitative estimate of drug-likeness (QED) is 0.0298. The lowest BCUT2D eigenvalue weighted by atomic mass is 9.49.